The monoisotopic (exact) mass is 179 g/mol. The summed E-state index contributed by atoms with van der Waals surface area (Å²) >= 11 is 0. The molecule has 0 spiro atoms. The average molecular weight is 179 g/mol. The number of rotatable bonds is 1. The molecule has 3 unspecified atom stereocenters. The van der Waals surface area contributed by atoms with Gasteiger partial charge in [0.25, 0.3) is 0 Å². The largest absolute Gasteiger partial charge is 0.338 e. The summed E-state index contributed by atoms with van der Waals surface area (Å²) in [6.45, 7) is 2.23. The van der Waals surface area contributed by atoms with Gasteiger partial charge < -0.3 is 10.3 Å². The minimum absolute atomic E-state index is 0.363. The summed E-state index contributed by atoms with van der Waals surface area (Å²) in [7, 11) is 2.05. The molecule has 72 valence electrons. The number of hydrogen-bond donors (Lipinski definition) is 1. The summed E-state index contributed by atoms with van der Waals surface area (Å²) in [5.41, 5.74) is 5.99. The molecular weight excluding hydrogens is 162 g/mol. The summed E-state index contributed by atoms with van der Waals surface area (Å²) in [6.07, 6.45) is 6.20. The van der Waals surface area contributed by atoms with Gasteiger partial charge in [-0.3, -0.25) is 0 Å². The molecule has 1 saturated carbocycles. The van der Waals surface area contributed by atoms with Crippen LogP contribution in [0.15, 0.2) is 12.4 Å². The highest BCUT2D eigenvalue weighted by Crippen LogP contribution is 2.37. The molecule has 3 nitrogen and oxygen atoms in total. The van der Waals surface area contributed by atoms with Crippen LogP contribution in [0.3, 0.4) is 0 Å². The zero-order valence-electron chi connectivity index (χ0n) is 8.27. The van der Waals surface area contributed by atoms with Gasteiger partial charge in [-0.15, -0.1) is 0 Å². The topological polar surface area (TPSA) is 43.8 Å². The second kappa shape index (κ2) is 3.14. The Balaban J connectivity index is 2.23. The van der Waals surface area contributed by atoms with E-state index in [0.29, 0.717) is 17.9 Å². The van der Waals surface area contributed by atoms with Gasteiger partial charge in [-0.25, -0.2) is 4.98 Å². The first-order valence-electron chi connectivity index (χ1n) is 4.93. The van der Waals surface area contributed by atoms with Gasteiger partial charge in [0, 0.05) is 31.4 Å². The van der Waals surface area contributed by atoms with Crippen LogP contribution in [-0.4, -0.2) is 15.6 Å². The van der Waals surface area contributed by atoms with E-state index >= 15 is 0 Å². The van der Waals surface area contributed by atoms with Crippen molar-refractivity contribution in [1.29, 1.82) is 0 Å². The van der Waals surface area contributed by atoms with Crippen LogP contribution >= 0.6 is 0 Å². The molecule has 2 N–H and O–H groups in total. The molecule has 0 amide bonds. The maximum absolute atomic E-state index is 5.99. The van der Waals surface area contributed by atoms with Crippen molar-refractivity contribution < 1.29 is 0 Å². The molecule has 3 atom stereocenters. The highest BCUT2D eigenvalue weighted by Gasteiger charge is 2.33. The van der Waals surface area contributed by atoms with Crippen LogP contribution in [0.1, 0.15) is 31.5 Å². The van der Waals surface area contributed by atoms with Crippen molar-refractivity contribution in [3.8, 4) is 0 Å². The third-order valence-corrected chi connectivity index (χ3v) is 3.31. The highest BCUT2D eigenvalue weighted by atomic mass is 15.0. The molecule has 1 aliphatic carbocycles. The second-order valence-electron chi connectivity index (χ2n) is 4.10. The van der Waals surface area contributed by atoms with E-state index in [0.717, 1.165) is 6.42 Å². The average Bonchev–Trinajstić information content (AvgIpc) is 2.62. The Kier molecular flexibility index (Phi) is 2.12. The Bertz CT molecular complexity index is 292. The van der Waals surface area contributed by atoms with E-state index in [4.69, 9.17) is 5.73 Å². The molecule has 2 rings (SSSR count). The summed E-state index contributed by atoms with van der Waals surface area (Å²) in [4.78, 5) is 4.39. The summed E-state index contributed by atoms with van der Waals surface area (Å²) in [6, 6.07) is 0.363. The van der Waals surface area contributed by atoms with Crippen molar-refractivity contribution in [2.75, 3.05) is 0 Å². The van der Waals surface area contributed by atoms with Crippen molar-refractivity contribution in [2.45, 2.75) is 31.7 Å². The van der Waals surface area contributed by atoms with Crippen molar-refractivity contribution in [3.63, 3.8) is 0 Å². The number of imidazole rings is 1. The van der Waals surface area contributed by atoms with Gasteiger partial charge in [0.05, 0.1) is 0 Å². The lowest BCUT2D eigenvalue weighted by atomic mass is 9.95. The van der Waals surface area contributed by atoms with Gasteiger partial charge in [-0.05, 0) is 18.8 Å². The van der Waals surface area contributed by atoms with Gasteiger partial charge in [-0.2, -0.15) is 0 Å². The Morgan fingerprint density at radius 1 is 1.54 bits per heavy atom. The first-order chi connectivity index (χ1) is 6.20. The van der Waals surface area contributed by atoms with Crippen molar-refractivity contribution in [2.24, 2.45) is 18.7 Å². The lowest BCUT2D eigenvalue weighted by Gasteiger charge is -2.17. The molecule has 0 aliphatic heterocycles. The van der Waals surface area contributed by atoms with Crippen LogP contribution in [0.4, 0.5) is 0 Å². The maximum atomic E-state index is 5.99. The Labute approximate surface area is 79.0 Å². The van der Waals surface area contributed by atoms with E-state index in [-0.39, 0.29) is 0 Å². The van der Waals surface area contributed by atoms with Gasteiger partial charge in [0.2, 0.25) is 0 Å². The predicted molar refractivity (Wildman–Crippen MR) is 52.3 cm³/mol. The minimum atomic E-state index is 0.363. The zero-order chi connectivity index (χ0) is 9.42. The maximum Gasteiger partial charge on any atom is 0.111 e. The fourth-order valence-electron chi connectivity index (χ4n) is 2.29. The van der Waals surface area contributed by atoms with E-state index in [1.54, 1.807) is 0 Å². The summed E-state index contributed by atoms with van der Waals surface area (Å²) in [5, 5.41) is 0. The van der Waals surface area contributed by atoms with E-state index < -0.39 is 0 Å². The fraction of sp³-hybridized carbons (Fsp3) is 0.700. The van der Waals surface area contributed by atoms with Gasteiger partial charge in [0.1, 0.15) is 5.82 Å². The van der Waals surface area contributed by atoms with Crippen molar-refractivity contribution >= 4 is 0 Å². The zero-order valence-corrected chi connectivity index (χ0v) is 8.27. The Morgan fingerprint density at radius 3 is 2.77 bits per heavy atom. The number of hydrogen-bond acceptors (Lipinski definition) is 2. The standard InChI is InChI=1S/C10H17N3/c1-7-8(3-4-9(7)11)10-12-5-6-13(10)2/h5-9H,3-4,11H2,1-2H3. The van der Waals surface area contributed by atoms with E-state index in [1.807, 2.05) is 12.4 Å². The lowest BCUT2D eigenvalue weighted by Crippen LogP contribution is -2.25. The third kappa shape index (κ3) is 1.37. The van der Waals surface area contributed by atoms with Crippen LogP contribution in [0, 0.1) is 5.92 Å². The number of nitrogens with zero attached hydrogens (tertiary/aromatic N) is 2. The molecule has 0 aromatic carbocycles. The SMILES string of the molecule is CC1C(N)CCC1c1nccn1C. The minimum Gasteiger partial charge on any atom is -0.338 e. The molecule has 1 aliphatic rings. The van der Waals surface area contributed by atoms with Crippen molar-refractivity contribution in [3.05, 3.63) is 18.2 Å². The molecule has 0 saturated heterocycles. The van der Waals surface area contributed by atoms with Gasteiger partial charge >= 0.3 is 0 Å². The van der Waals surface area contributed by atoms with Gasteiger partial charge in [0.15, 0.2) is 0 Å². The second-order valence-corrected chi connectivity index (χ2v) is 4.10. The summed E-state index contributed by atoms with van der Waals surface area (Å²) in [5.74, 6) is 2.33. The van der Waals surface area contributed by atoms with E-state index in [1.165, 1.54) is 12.2 Å². The van der Waals surface area contributed by atoms with Crippen LogP contribution in [-0.2, 0) is 7.05 Å². The quantitative estimate of drug-likeness (QED) is 0.705. The van der Waals surface area contributed by atoms with Crippen LogP contribution in [0.25, 0.3) is 0 Å². The highest BCUT2D eigenvalue weighted by molar-refractivity contribution is 5.06. The first-order valence-corrected chi connectivity index (χ1v) is 4.93. The molecule has 1 heterocycles. The van der Waals surface area contributed by atoms with E-state index in [9.17, 15) is 0 Å². The number of aryl methyl sites for hydroxylation is 1. The van der Waals surface area contributed by atoms with Gasteiger partial charge in [-0.1, -0.05) is 6.92 Å². The molecule has 13 heavy (non-hydrogen) atoms. The molecule has 3 heteroatoms. The van der Waals surface area contributed by atoms with Crippen LogP contribution in [0.5, 0.6) is 0 Å². The smallest absolute Gasteiger partial charge is 0.111 e. The molecule has 1 aromatic rings. The van der Waals surface area contributed by atoms with Crippen LogP contribution < -0.4 is 5.73 Å². The normalized spacial score (nSPS) is 33.9. The van der Waals surface area contributed by atoms with E-state index in [2.05, 4.69) is 23.5 Å². The molecule has 0 radical (unpaired) electrons. The lowest BCUT2D eigenvalue weighted by molar-refractivity contribution is 0.456. The molecule has 1 fully saturated rings. The predicted octanol–water partition coefficient (Wildman–Crippen LogP) is 1.26. The Hall–Kier alpha value is -0.830. The molecule has 1 aromatic heterocycles. The fourth-order valence-corrected chi connectivity index (χ4v) is 2.29. The first kappa shape index (κ1) is 8.75. The number of aromatic nitrogens is 2. The molecular formula is C10H17N3. The third-order valence-electron chi connectivity index (χ3n) is 3.31. The van der Waals surface area contributed by atoms with Crippen LogP contribution in [0.2, 0.25) is 0 Å². The number of nitrogens with two attached hydrogens (primary N) is 1. The summed E-state index contributed by atoms with van der Waals surface area (Å²) < 4.78 is 2.11. The van der Waals surface area contributed by atoms with Crippen molar-refractivity contribution in [1.82, 2.24) is 9.55 Å². The Morgan fingerprint density at radius 2 is 2.31 bits per heavy atom. The molecule has 0 bridgehead atoms.